The van der Waals surface area contributed by atoms with E-state index in [1.54, 1.807) is 26.4 Å². The number of benzene rings is 3. The summed E-state index contributed by atoms with van der Waals surface area (Å²) in [7, 11) is 3.22. The molecule has 0 saturated carbocycles. The highest BCUT2D eigenvalue weighted by Gasteiger charge is 2.42. The van der Waals surface area contributed by atoms with Crippen LogP contribution in [-0.2, 0) is 12.8 Å². The maximum absolute atomic E-state index is 13.6. The molecule has 2 N–H and O–H groups in total. The Balaban J connectivity index is 1.54. The average Bonchev–Trinajstić information content (AvgIpc) is 3.46. The molecular weight excluding hydrogens is 454 g/mol. The fourth-order valence-electron chi connectivity index (χ4n) is 4.87. The SMILES string of the molecule is CCc1ccc(C2c3c(-c4ccccc4O)n[nH]c3C(=O)N2CCc2ccc(OC)c(OC)c2)cc1. The van der Waals surface area contributed by atoms with Gasteiger partial charge in [-0.25, -0.2) is 0 Å². The predicted octanol–water partition coefficient (Wildman–Crippen LogP) is 5.15. The van der Waals surface area contributed by atoms with Gasteiger partial charge in [-0.05, 0) is 53.8 Å². The van der Waals surface area contributed by atoms with Gasteiger partial charge in [0.1, 0.15) is 17.1 Å². The number of phenols is 1. The number of fused-ring (bicyclic) bond motifs is 1. The number of amides is 1. The molecule has 1 aromatic heterocycles. The molecule has 0 aliphatic carbocycles. The van der Waals surface area contributed by atoms with Crippen molar-refractivity contribution in [1.82, 2.24) is 15.1 Å². The second kappa shape index (κ2) is 9.77. The Morgan fingerprint density at radius 1 is 0.972 bits per heavy atom. The van der Waals surface area contributed by atoms with Crippen molar-refractivity contribution < 1.29 is 19.4 Å². The summed E-state index contributed by atoms with van der Waals surface area (Å²) in [4.78, 5) is 15.5. The van der Waals surface area contributed by atoms with Crippen LogP contribution < -0.4 is 9.47 Å². The van der Waals surface area contributed by atoms with E-state index in [-0.39, 0.29) is 17.7 Å². The van der Waals surface area contributed by atoms with E-state index in [2.05, 4.69) is 41.4 Å². The molecule has 0 radical (unpaired) electrons. The lowest BCUT2D eigenvalue weighted by Gasteiger charge is -2.27. The standard InChI is InChI=1S/C29H29N3O4/c1-4-18-9-12-20(13-10-18)28-25-26(21-7-5-6-8-22(21)33)30-31-27(25)29(34)32(28)16-15-19-11-14-23(35-2)24(17-19)36-3/h5-14,17,28,33H,4,15-16H2,1-3H3,(H,30,31). The average molecular weight is 484 g/mol. The number of nitrogens with one attached hydrogen (secondary N) is 1. The number of aromatic hydroxyl groups is 1. The van der Waals surface area contributed by atoms with Crippen molar-refractivity contribution in [3.8, 4) is 28.5 Å². The minimum atomic E-state index is -0.327. The summed E-state index contributed by atoms with van der Waals surface area (Å²) in [5.74, 6) is 1.35. The number of H-pyrrole nitrogens is 1. The van der Waals surface area contributed by atoms with Crippen LogP contribution in [0.3, 0.4) is 0 Å². The third kappa shape index (κ3) is 4.06. The van der Waals surface area contributed by atoms with Crippen LogP contribution >= 0.6 is 0 Å². The van der Waals surface area contributed by atoms with Crippen molar-refractivity contribution in [2.24, 2.45) is 0 Å². The number of methoxy groups -OCH3 is 2. The van der Waals surface area contributed by atoms with E-state index in [4.69, 9.17) is 9.47 Å². The molecule has 0 fully saturated rings. The molecule has 1 amide bonds. The van der Waals surface area contributed by atoms with E-state index < -0.39 is 0 Å². The molecule has 2 heterocycles. The van der Waals surface area contributed by atoms with Crippen molar-refractivity contribution in [2.45, 2.75) is 25.8 Å². The van der Waals surface area contributed by atoms with Gasteiger partial charge in [-0.1, -0.05) is 49.4 Å². The summed E-state index contributed by atoms with van der Waals surface area (Å²) in [6.07, 6.45) is 1.58. The summed E-state index contributed by atoms with van der Waals surface area (Å²) in [5.41, 5.74) is 5.71. The number of aromatic nitrogens is 2. The lowest BCUT2D eigenvalue weighted by Crippen LogP contribution is -2.31. The smallest absolute Gasteiger partial charge is 0.273 e. The van der Waals surface area contributed by atoms with Gasteiger partial charge in [0.25, 0.3) is 5.91 Å². The highest BCUT2D eigenvalue weighted by atomic mass is 16.5. The molecule has 7 heteroatoms. The summed E-state index contributed by atoms with van der Waals surface area (Å²) < 4.78 is 10.8. The van der Waals surface area contributed by atoms with E-state index in [0.29, 0.717) is 41.4 Å². The Hall–Kier alpha value is -4.26. The first-order chi connectivity index (χ1) is 17.5. The monoisotopic (exact) mass is 483 g/mol. The van der Waals surface area contributed by atoms with Gasteiger partial charge in [0, 0.05) is 17.7 Å². The second-order valence-corrected chi connectivity index (χ2v) is 8.81. The van der Waals surface area contributed by atoms with Crippen LogP contribution in [0.5, 0.6) is 17.2 Å². The number of nitrogens with zero attached hydrogens (tertiary/aromatic N) is 2. The van der Waals surface area contributed by atoms with Gasteiger partial charge in [0.05, 0.1) is 20.3 Å². The zero-order valence-electron chi connectivity index (χ0n) is 20.6. The molecule has 1 unspecified atom stereocenters. The Morgan fingerprint density at radius 2 is 1.69 bits per heavy atom. The minimum Gasteiger partial charge on any atom is -0.507 e. The van der Waals surface area contributed by atoms with Crippen molar-refractivity contribution in [3.63, 3.8) is 0 Å². The molecule has 184 valence electrons. The Labute approximate surface area is 210 Å². The van der Waals surface area contributed by atoms with Crippen molar-refractivity contribution in [2.75, 3.05) is 20.8 Å². The van der Waals surface area contributed by atoms with E-state index >= 15 is 0 Å². The van der Waals surface area contributed by atoms with Crippen molar-refractivity contribution in [3.05, 3.63) is 94.7 Å². The first kappa shape index (κ1) is 23.5. The molecular formula is C29H29N3O4. The van der Waals surface area contributed by atoms with E-state index in [1.165, 1.54) is 5.56 Å². The van der Waals surface area contributed by atoms with Gasteiger partial charge >= 0.3 is 0 Å². The van der Waals surface area contributed by atoms with Gasteiger partial charge in [-0.15, -0.1) is 0 Å². The number of carbonyl (C=O) groups excluding carboxylic acids is 1. The van der Waals surface area contributed by atoms with Crippen LogP contribution in [0.25, 0.3) is 11.3 Å². The van der Waals surface area contributed by atoms with E-state index in [0.717, 1.165) is 23.1 Å². The molecule has 3 aromatic carbocycles. The van der Waals surface area contributed by atoms with Gasteiger partial charge in [0.15, 0.2) is 11.5 Å². The number of hydrogen-bond acceptors (Lipinski definition) is 5. The molecule has 0 bridgehead atoms. The number of hydrogen-bond donors (Lipinski definition) is 2. The molecule has 0 spiro atoms. The third-order valence-corrected chi connectivity index (χ3v) is 6.82. The van der Waals surface area contributed by atoms with Crippen LogP contribution in [0.15, 0.2) is 66.7 Å². The maximum Gasteiger partial charge on any atom is 0.273 e. The maximum atomic E-state index is 13.6. The second-order valence-electron chi connectivity index (χ2n) is 8.81. The molecule has 7 nitrogen and oxygen atoms in total. The Morgan fingerprint density at radius 3 is 2.39 bits per heavy atom. The molecule has 1 atom stereocenters. The normalized spacial score (nSPS) is 14.7. The largest absolute Gasteiger partial charge is 0.507 e. The summed E-state index contributed by atoms with van der Waals surface area (Å²) >= 11 is 0. The van der Waals surface area contributed by atoms with E-state index in [9.17, 15) is 9.90 Å². The first-order valence-corrected chi connectivity index (χ1v) is 12.0. The number of rotatable bonds is 8. The molecule has 1 aliphatic rings. The number of phenolic OH excluding ortho intramolecular Hbond substituents is 1. The third-order valence-electron chi connectivity index (χ3n) is 6.82. The van der Waals surface area contributed by atoms with Crippen LogP contribution in [0.2, 0.25) is 0 Å². The Kier molecular flexibility index (Phi) is 6.38. The fraction of sp³-hybridized carbons (Fsp3) is 0.241. The van der Waals surface area contributed by atoms with Crippen molar-refractivity contribution >= 4 is 5.91 Å². The van der Waals surface area contributed by atoms with Gasteiger partial charge in [-0.2, -0.15) is 5.10 Å². The first-order valence-electron chi connectivity index (χ1n) is 12.0. The highest BCUT2D eigenvalue weighted by molar-refractivity contribution is 6.00. The summed E-state index contributed by atoms with van der Waals surface area (Å²) in [5, 5.41) is 18.0. The summed E-state index contributed by atoms with van der Waals surface area (Å²) in [6, 6.07) is 20.9. The number of aryl methyl sites for hydroxylation is 1. The Bertz CT molecular complexity index is 1390. The van der Waals surface area contributed by atoms with Gasteiger partial charge in [0.2, 0.25) is 0 Å². The highest BCUT2D eigenvalue weighted by Crippen LogP contribution is 2.44. The zero-order valence-corrected chi connectivity index (χ0v) is 20.6. The van der Waals surface area contributed by atoms with Crippen molar-refractivity contribution in [1.29, 1.82) is 0 Å². The number of para-hydroxylation sites is 1. The van der Waals surface area contributed by atoms with Gasteiger partial charge < -0.3 is 19.5 Å². The van der Waals surface area contributed by atoms with E-state index in [1.807, 2.05) is 35.2 Å². The van der Waals surface area contributed by atoms with Gasteiger partial charge in [-0.3, -0.25) is 9.89 Å². The van der Waals surface area contributed by atoms with Crippen LogP contribution in [0.4, 0.5) is 0 Å². The fourth-order valence-corrected chi connectivity index (χ4v) is 4.87. The number of ether oxygens (including phenoxy) is 2. The summed E-state index contributed by atoms with van der Waals surface area (Å²) in [6.45, 7) is 2.62. The molecule has 1 aliphatic heterocycles. The van der Waals surface area contributed by atoms with Crippen LogP contribution in [-0.4, -0.2) is 46.9 Å². The quantitative estimate of drug-likeness (QED) is 0.362. The lowest BCUT2D eigenvalue weighted by molar-refractivity contribution is 0.0746. The predicted molar refractivity (Wildman–Crippen MR) is 138 cm³/mol. The lowest BCUT2D eigenvalue weighted by atomic mass is 9.94. The van der Waals surface area contributed by atoms with Crippen LogP contribution in [0, 0.1) is 0 Å². The molecule has 36 heavy (non-hydrogen) atoms. The molecule has 5 rings (SSSR count). The minimum absolute atomic E-state index is 0.107. The zero-order chi connectivity index (χ0) is 25.2. The number of aromatic amines is 1. The van der Waals surface area contributed by atoms with Crippen LogP contribution in [0.1, 0.15) is 45.7 Å². The number of carbonyl (C=O) groups is 1. The molecule has 4 aromatic rings. The molecule has 0 saturated heterocycles. The topological polar surface area (TPSA) is 87.7 Å².